The van der Waals surface area contributed by atoms with E-state index in [1.54, 1.807) is 41.5 Å². The van der Waals surface area contributed by atoms with Gasteiger partial charge in [0.05, 0.1) is 0 Å². The summed E-state index contributed by atoms with van der Waals surface area (Å²) in [6.07, 6.45) is -0.755. The lowest BCUT2D eigenvalue weighted by atomic mass is 10.1. The van der Waals surface area contributed by atoms with E-state index in [2.05, 4.69) is 5.32 Å². The normalized spacial score (nSPS) is 12.6. The second-order valence-electron chi connectivity index (χ2n) is 8.42. The van der Waals surface area contributed by atoms with Crippen molar-refractivity contribution in [2.75, 3.05) is 0 Å². The molecule has 1 amide bonds. The van der Waals surface area contributed by atoms with Gasteiger partial charge in [-0.2, -0.15) is 0 Å². The molecule has 0 aliphatic heterocycles. The number of carbonyl (C=O) groups excluding carboxylic acids is 3. The number of carbonyl (C=O) groups is 3. The Kier molecular flexibility index (Phi) is 8.47. The zero-order chi connectivity index (χ0) is 21.4. The van der Waals surface area contributed by atoms with Crippen molar-refractivity contribution in [3.63, 3.8) is 0 Å². The molecule has 1 aromatic rings. The van der Waals surface area contributed by atoms with Gasteiger partial charge >= 0.3 is 18.0 Å². The Morgan fingerprint density at radius 1 is 0.929 bits per heavy atom. The minimum absolute atomic E-state index is 0.0434. The van der Waals surface area contributed by atoms with Gasteiger partial charge in [0.2, 0.25) is 0 Å². The number of ether oxygens (including phenoxy) is 3. The van der Waals surface area contributed by atoms with Crippen molar-refractivity contribution < 1.29 is 28.6 Å². The predicted octanol–water partition coefficient (Wildman–Crippen LogP) is 3.75. The maximum absolute atomic E-state index is 12.4. The monoisotopic (exact) mass is 393 g/mol. The summed E-state index contributed by atoms with van der Waals surface area (Å²) < 4.78 is 15.7. The molecule has 1 atom stereocenters. The van der Waals surface area contributed by atoms with E-state index in [1.165, 1.54) is 0 Å². The van der Waals surface area contributed by atoms with Crippen LogP contribution >= 0.6 is 0 Å². The van der Waals surface area contributed by atoms with Crippen LogP contribution in [-0.2, 0) is 30.4 Å². The lowest BCUT2D eigenvalue weighted by molar-refractivity contribution is -0.158. The Balaban J connectivity index is 2.63. The largest absolute Gasteiger partial charge is 0.461 e. The van der Waals surface area contributed by atoms with Crippen molar-refractivity contribution in [3.05, 3.63) is 35.9 Å². The topological polar surface area (TPSA) is 90.9 Å². The maximum atomic E-state index is 12.4. The lowest BCUT2D eigenvalue weighted by Gasteiger charge is -2.26. The van der Waals surface area contributed by atoms with E-state index in [4.69, 9.17) is 14.2 Å². The van der Waals surface area contributed by atoms with Crippen LogP contribution in [0.15, 0.2) is 30.3 Å². The number of benzene rings is 1. The van der Waals surface area contributed by atoms with Gasteiger partial charge in [0.15, 0.2) is 0 Å². The molecule has 156 valence electrons. The van der Waals surface area contributed by atoms with E-state index in [9.17, 15) is 14.4 Å². The number of amides is 1. The minimum atomic E-state index is -1.02. The summed E-state index contributed by atoms with van der Waals surface area (Å²) in [7, 11) is 0. The van der Waals surface area contributed by atoms with Crippen molar-refractivity contribution in [3.8, 4) is 0 Å². The molecule has 0 aliphatic carbocycles. The van der Waals surface area contributed by atoms with E-state index < -0.39 is 35.3 Å². The van der Waals surface area contributed by atoms with Crippen LogP contribution in [0, 0.1) is 0 Å². The third-order valence-corrected chi connectivity index (χ3v) is 3.26. The van der Waals surface area contributed by atoms with Gasteiger partial charge in [-0.1, -0.05) is 30.3 Å². The molecule has 1 rings (SSSR count). The molecular weight excluding hydrogens is 362 g/mol. The summed E-state index contributed by atoms with van der Waals surface area (Å²) in [6, 6.07) is 8.26. The quantitative estimate of drug-likeness (QED) is 0.560. The van der Waals surface area contributed by atoms with Gasteiger partial charge in [-0.3, -0.25) is 4.79 Å². The highest BCUT2D eigenvalue weighted by Crippen LogP contribution is 2.13. The average molecular weight is 393 g/mol. The molecular formula is C21H31NO6. The molecule has 0 radical (unpaired) electrons. The fourth-order valence-corrected chi connectivity index (χ4v) is 2.14. The molecule has 0 fully saturated rings. The van der Waals surface area contributed by atoms with Gasteiger partial charge in [0.25, 0.3) is 0 Å². The molecule has 7 heteroatoms. The summed E-state index contributed by atoms with van der Waals surface area (Å²) in [5.41, 5.74) is -0.568. The van der Waals surface area contributed by atoms with Crippen LogP contribution in [0.3, 0.4) is 0 Å². The van der Waals surface area contributed by atoms with Crippen LogP contribution in [0.2, 0.25) is 0 Å². The molecule has 0 spiro atoms. The molecule has 0 bridgehead atoms. The fourth-order valence-electron chi connectivity index (χ4n) is 2.14. The predicted molar refractivity (Wildman–Crippen MR) is 104 cm³/mol. The fraction of sp³-hybridized carbons (Fsp3) is 0.571. The van der Waals surface area contributed by atoms with Crippen molar-refractivity contribution in [2.45, 2.75) is 78.2 Å². The standard InChI is InChI=1S/C21H31NO6/c1-20(2,3)27-18(24)16(22-19(25)28-21(4,5)6)12-13-17(23)26-14-15-10-8-7-9-11-15/h7-11,16H,12-14H2,1-6H3,(H,22,25)/t16-/m0/s1. The van der Waals surface area contributed by atoms with Crippen LogP contribution in [0.4, 0.5) is 4.79 Å². The molecule has 0 unspecified atom stereocenters. The number of hydrogen-bond acceptors (Lipinski definition) is 6. The summed E-state index contributed by atoms with van der Waals surface area (Å²) in [4.78, 5) is 36.5. The molecule has 28 heavy (non-hydrogen) atoms. The minimum Gasteiger partial charge on any atom is -0.461 e. The lowest BCUT2D eigenvalue weighted by Crippen LogP contribution is -2.46. The van der Waals surface area contributed by atoms with E-state index >= 15 is 0 Å². The average Bonchev–Trinajstić information content (AvgIpc) is 2.54. The first-order valence-electron chi connectivity index (χ1n) is 9.28. The van der Waals surface area contributed by atoms with E-state index in [0.717, 1.165) is 5.56 Å². The third-order valence-electron chi connectivity index (χ3n) is 3.26. The van der Waals surface area contributed by atoms with Crippen LogP contribution < -0.4 is 5.32 Å². The van der Waals surface area contributed by atoms with Crippen molar-refractivity contribution in [1.82, 2.24) is 5.32 Å². The molecule has 7 nitrogen and oxygen atoms in total. The Bertz CT molecular complexity index is 658. The highest BCUT2D eigenvalue weighted by molar-refractivity contribution is 5.82. The molecule has 0 aromatic heterocycles. The second kappa shape index (κ2) is 10.1. The Morgan fingerprint density at radius 2 is 1.50 bits per heavy atom. The molecule has 0 saturated carbocycles. The maximum Gasteiger partial charge on any atom is 0.408 e. The van der Waals surface area contributed by atoms with Crippen LogP contribution in [0.25, 0.3) is 0 Å². The molecule has 1 N–H and O–H groups in total. The van der Waals surface area contributed by atoms with Crippen LogP contribution in [0.5, 0.6) is 0 Å². The smallest absolute Gasteiger partial charge is 0.408 e. The van der Waals surface area contributed by atoms with E-state index in [1.807, 2.05) is 30.3 Å². The molecule has 1 aromatic carbocycles. The second-order valence-corrected chi connectivity index (χ2v) is 8.42. The number of esters is 2. The zero-order valence-electron chi connectivity index (χ0n) is 17.5. The number of hydrogen-bond donors (Lipinski definition) is 1. The van der Waals surface area contributed by atoms with Crippen molar-refractivity contribution in [1.29, 1.82) is 0 Å². The Morgan fingerprint density at radius 3 is 2.04 bits per heavy atom. The SMILES string of the molecule is CC(C)(C)OC(=O)N[C@@H](CCC(=O)OCc1ccccc1)C(=O)OC(C)(C)C. The Labute approximate surface area is 166 Å². The van der Waals surface area contributed by atoms with Gasteiger partial charge in [0.1, 0.15) is 23.9 Å². The van der Waals surface area contributed by atoms with Crippen LogP contribution in [-0.4, -0.2) is 35.3 Å². The number of rotatable bonds is 7. The molecule has 0 heterocycles. The number of nitrogens with one attached hydrogen (secondary N) is 1. The first-order chi connectivity index (χ1) is 12.9. The van der Waals surface area contributed by atoms with Gasteiger partial charge in [-0.05, 0) is 53.5 Å². The third kappa shape index (κ3) is 10.5. The zero-order valence-corrected chi connectivity index (χ0v) is 17.5. The highest BCUT2D eigenvalue weighted by atomic mass is 16.6. The number of alkyl carbamates (subject to hydrolysis) is 1. The Hall–Kier alpha value is -2.57. The molecule has 0 saturated heterocycles. The summed E-state index contributed by atoms with van der Waals surface area (Å²) in [5.74, 6) is -1.10. The van der Waals surface area contributed by atoms with Gasteiger partial charge in [-0.25, -0.2) is 9.59 Å². The van der Waals surface area contributed by atoms with Crippen molar-refractivity contribution in [2.24, 2.45) is 0 Å². The highest BCUT2D eigenvalue weighted by Gasteiger charge is 2.29. The van der Waals surface area contributed by atoms with Gasteiger partial charge < -0.3 is 19.5 Å². The van der Waals surface area contributed by atoms with E-state index in [-0.39, 0.29) is 19.4 Å². The summed E-state index contributed by atoms with van der Waals surface area (Å²) >= 11 is 0. The van der Waals surface area contributed by atoms with Gasteiger partial charge in [0, 0.05) is 6.42 Å². The van der Waals surface area contributed by atoms with E-state index in [0.29, 0.717) is 0 Å². The van der Waals surface area contributed by atoms with Crippen molar-refractivity contribution >= 4 is 18.0 Å². The first-order valence-corrected chi connectivity index (χ1v) is 9.28. The first kappa shape index (κ1) is 23.5. The summed E-state index contributed by atoms with van der Waals surface area (Å²) in [5, 5.41) is 2.48. The van der Waals surface area contributed by atoms with Gasteiger partial charge in [-0.15, -0.1) is 0 Å². The van der Waals surface area contributed by atoms with Crippen LogP contribution in [0.1, 0.15) is 59.9 Å². The molecule has 0 aliphatic rings. The summed E-state index contributed by atoms with van der Waals surface area (Å²) in [6.45, 7) is 10.5.